The third-order valence-corrected chi connectivity index (χ3v) is 5.19. The molecule has 24 heavy (non-hydrogen) atoms. The Kier molecular flexibility index (Phi) is 6.30. The predicted octanol–water partition coefficient (Wildman–Crippen LogP) is 2.46. The summed E-state index contributed by atoms with van der Waals surface area (Å²) in [5.41, 5.74) is 1.30. The second-order valence-corrected chi connectivity index (χ2v) is 6.93. The number of hydrogen-bond acceptors (Lipinski definition) is 4. The topological polar surface area (TPSA) is 19.0 Å². The molecular formula is C20H31N3O. The molecule has 1 saturated heterocycles. The second kappa shape index (κ2) is 8.65. The van der Waals surface area contributed by atoms with Gasteiger partial charge in [0, 0.05) is 57.4 Å². The molecule has 2 aliphatic heterocycles. The molecule has 2 aliphatic rings. The lowest BCUT2D eigenvalue weighted by Gasteiger charge is -2.32. The molecule has 1 unspecified atom stereocenters. The summed E-state index contributed by atoms with van der Waals surface area (Å²) in [6.07, 6.45) is 5.78. The van der Waals surface area contributed by atoms with Gasteiger partial charge in [0.2, 0.25) is 0 Å². The van der Waals surface area contributed by atoms with Crippen molar-refractivity contribution in [2.24, 2.45) is 0 Å². The number of piperazine rings is 1. The third-order valence-electron chi connectivity index (χ3n) is 5.19. The van der Waals surface area contributed by atoms with E-state index < -0.39 is 0 Å². The highest BCUT2D eigenvalue weighted by molar-refractivity contribution is 5.33. The maximum atomic E-state index is 6.14. The highest BCUT2D eigenvalue weighted by Gasteiger charge is 2.19. The largest absolute Gasteiger partial charge is 0.492 e. The normalized spacial score (nSPS) is 23.0. The molecule has 0 radical (unpaired) electrons. The van der Waals surface area contributed by atoms with E-state index in [1.165, 1.54) is 12.0 Å². The first-order valence-electron chi connectivity index (χ1n) is 9.28. The van der Waals surface area contributed by atoms with Crippen LogP contribution in [0.4, 0.5) is 0 Å². The van der Waals surface area contributed by atoms with Gasteiger partial charge >= 0.3 is 0 Å². The minimum atomic E-state index is 0.573. The Labute approximate surface area is 146 Å². The van der Waals surface area contributed by atoms with Gasteiger partial charge in [-0.15, -0.1) is 0 Å². The maximum Gasteiger partial charge on any atom is 0.123 e. The minimum Gasteiger partial charge on any atom is -0.492 e. The van der Waals surface area contributed by atoms with Gasteiger partial charge in [-0.2, -0.15) is 0 Å². The summed E-state index contributed by atoms with van der Waals surface area (Å²) in [5, 5.41) is 0. The van der Waals surface area contributed by atoms with Crippen LogP contribution >= 0.6 is 0 Å². The fraction of sp³-hybridized carbons (Fsp3) is 0.600. The quantitative estimate of drug-likeness (QED) is 0.715. The summed E-state index contributed by atoms with van der Waals surface area (Å²) < 4.78 is 6.14. The summed E-state index contributed by atoms with van der Waals surface area (Å²) in [6.45, 7) is 10.7. The predicted molar refractivity (Wildman–Crippen MR) is 99.5 cm³/mol. The smallest absolute Gasteiger partial charge is 0.123 e. The lowest BCUT2D eigenvalue weighted by Crippen LogP contribution is -2.45. The van der Waals surface area contributed by atoms with Gasteiger partial charge in [0.25, 0.3) is 0 Å². The van der Waals surface area contributed by atoms with Crippen LogP contribution in [0.1, 0.15) is 18.9 Å². The zero-order chi connectivity index (χ0) is 16.8. The molecule has 3 rings (SSSR count). The van der Waals surface area contributed by atoms with E-state index in [1.54, 1.807) is 0 Å². The molecule has 0 amide bonds. The zero-order valence-corrected chi connectivity index (χ0v) is 15.2. The molecule has 132 valence electrons. The van der Waals surface area contributed by atoms with E-state index in [4.69, 9.17) is 4.74 Å². The van der Waals surface area contributed by atoms with Gasteiger partial charge in [-0.1, -0.05) is 37.3 Å². The molecule has 0 bridgehead atoms. The van der Waals surface area contributed by atoms with E-state index in [9.17, 15) is 0 Å². The summed E-state index contributed by atoms with van der Waals surface area (Å²) >= 11 is 0. The first-order chi connectivity index (χ1) is 11.8. The molecule has 0 spiro atoms. The SMILES string of the molecule is CCC1C=CCN1Cc1ccccc1OCCN1CCN(C)CC1. The van der Waals surface area contributed by atoms with Gasteiger partial charge in [-0.05, 0) is 19.5 Å². The highest BCUT2D eigenvalue weighted by Crippen LogP contribution is 2.23. The van der Waals surface area contributed by atoms with E-state index in [-0.39, 0.29) is 0 Å². The molecule has 0 aromatic heterocycles. The van der Waals surface area contributed by atoms with Crippen LogP contribution in [0, 0.1) is 0 Å². The number of ether oxygens (including phenoxy) is 1. The van der Waals surface area contributed by atoms with E-state index in [0.717, 1.165) is 58.2 Å². The first kappa shape index (κ1) is 17.5. The Hall–Kier alpha value is -1.36. The minimum absolute atomic E-state index is 0.573. The van der Waals surface area contributed by atoms with E-state index in [2.05, 4.69) is 65.1 Å². The van der Waals surface area contributed by atoms with Crippen LogP contribution in [-0.4, -0.2) is 73.7 Å². The molecule has 1 atom stereocenters. The first-order valence-corrected chi connectivity index (χ1v) is 9.28. The third kappa shape index (κ3) is 4.59. The zero-order valence-electron chi connectivity index (χ0n) is 15.2. The van der Waals surface area contributed by atoms with Crippen LogP contribution in [0.2, 0.25) is 0 Å². The molecule has 0 N–H and O–H groups in total. The van der Waals surface area contributed by atoms with Crippen molar-refractivity contribution in [2.75, 3.05) is 52.9 Å². The summed E-state index contributed by atoms with van der Waals surface area (Å²) in [6, 6.07) is 9.09. The van der Waals surface area contributed by atoms with E-state index >= 15 is 0 Å². The molecule has 1 aromatic carbocycles. The van der Waals surface area contributed by atoms with Crippen LogP contribution in [0.15, 0.2) is 36.4 Å². The molecule has 1 aromatic rings. The van der Waals surface area contributed by atoms with Crippen LogP contribution in [-0.2, 0) is 6.54 Å². The molecule has 2 heterocycles. The van der Waals surface area contributed by atoms with Crippen LogP contribution in [0.3, 0.4) is 0 Å². The summed E-state index contributed by atoms with van der Waals surface area (Å²) in [4.78, 5) is 7.41. The standard InChI is InChI=1S/C20H31N3O/c1-3-19-8-6-10-23(19)17-18-7-4-5-9-20(18)24-16-15-22-13-11-21(2)12-14-22/h4-9,19H,3,10-17H2,1-2H3. The van der Waals surface area contributed by atoms with Crippen molar-refractivity contribution in [2.45, 2.75) is 25.9 Å². The van der Waals surface area contributed by atoms with Crippen molar-refractivity contribution in [3.63, 3.8) is 0 Å². The van der Waals surface area contributed by atoms with Crippen molar-refractivity contribution in [3.05, 3.63) is 42.0 Å². The monoisotopic (exact) mass is 329 g/mol. The number of benzene rings is 1. The van der Waals surface area contributed by atoms with Crippen molar-refractivity contribution in [1.82, 2.24) is 14.7 Å². The molecule has 4 nitrogen and oxygen atoms in total. The Morgan fingerprint density at radius 3 is 2.71 bits per heavy atom. The number of likely N-dealkylation sites (N-methyl/N-ethyl adjacent to an activating group) is 1. The van der Waals surface area contributed by atoms with Gasteiger partial charge in [0.1, 0.15) is 12.4 Å². The van der Waals surface area contributed by atoms with Gasteiger partial charge < -0.3 is 9.64 Å². The lowest BCUT2D eigenvalue weighted by atomic mass is 10.1. The highest BCUT2D eigenvalue weighted by atomic mass is 16.5. The Morgan fingerprint density at radius 2 is 1.92 bits per heavy atom. The molecule has 0 saturated carbocycles. The van der Waals surface area contributed by atoms with Crippen molar-refractivity contribution in [1.29, 1.82) is 0 Å². The molecule has 1 fully saturated rings. The number of hydrogen-bond donors (Lipinski definition) is 0. The molecule has 0 aliphatic carbocycles. The number of rotatable bonds is 7. The van der Waals surface area contributed by atoms with Gasteiger partial charge in [-0.3, -0.25) is 9.80 Å². The van der Waals surface area contributed by atoms with Crippen LogP contribution in [0.5, 0.6) is 5.75 Å². The van der Waals surface area contributed by atoms with E-state index in [1.807, 2.05) is 0 Å². The average Bonchev–Trinajstić information content (AvgIpc) is 3.05. The van der Waals surface area contributed by atoms with E-state index in [0.29, 0.717) is 6.04 Å². The lowest BCUT2D eigenvalue weighted by molar-refractivity contribution is 0.133. The van der Waals surface area contributed by atoms with Gasteiger partial charge in [0.05, 0.1) is 0 Å². The molecular weight excluding hydrogens is 298 g/mol. The summed E-state index contributed by atoms with van der Waals surface area (Å²) in [7, 11) is 2.20. The van der Waals surface area contributed by atoms with Gasteiger partial charge in [0.15, 0.2) is 0 Å². The second-order valence-electron chi connectivity index (χ2n) is 6.93. The van der Waals surface area contributed by atoms with Crippen molar-refractivity contribution in [3.8, 4) is 5.75 Å². The fourth-order valence-corrected chi connectivity index (χ4v) is 3.54. The Morgan fingerprint density at radius 1 is 1.12 bits per heavy atom. The summed E-state index contributed by atoms with van der Waals surface area (Å²) in [5.74, 6) is 1.05. The number of nitrogens with zero attached hydrogens (tertiary/aromatic N) is 3. The van der Waals surface area contributed by atoms with Gasteiger partial charge in [-0.25, -0.2) is 0 Å². The van der Waals surface area contributed by atoms with Crippen LogP contribution < -0.4 is 4.74 Å². The Bertz CT molecular complexity index is 537. The Balaban J connectivity index is 1.50. The van der Waals surface area contributed by atoms with Crippen molar-refractivity contribution < 1.29 is 4.74 Å². The average molecular weight is 329 g/mol. The van der Waals surface area contributed by atoms with Crippen molar-refractivity contribution >= 4 is 0 Å². The molecule has 4 heteroatoms. The van der Waals surface area contributed by atoms with Crippen LogP contribution in [0.25, 0.3) is 0 Å². The number of para-hydroxylation sites is 1. The fourth-order valence-electron chi connectivity index (χ4n) is 3.54. The maximum absolute atomic E-state index is 6.14.